The summed E-state index contributed by atoms with van der Waals surface area (Å²) in [7, 11) is 0. The van der Waals surface area contributed by atoms with Crippen LogP contribution >= 0.6 is 0 Å². The van der Waals surface area contributed by atoms with Crippen molar-refractivity contribution in [2.45, 2.75) is 13.5 Å². The van der Waals surface area contributed by atoms with E-state index in [9.17, 15) is 19.2 Å². The van der Waals surface area contributed by atoms with Gasteiger partial charge in [-0.2, -0.15) is 0 Å². The van der Waals surface area contributed by atoms with E-state index < -0.39 is 23.7 Å². The maximum absolute atomic E-state index is 12.3. The lowest BCUT2D eigenvalue weighted by Gasteiger charge is -2.09. The fraction of sp³-hybridized carbons (Fsp3) is 0.143. The monoisotopic (exact) mass is 425 g/mol. The van der Waals surface area contributed by atoms with Gasteiger partial charge in [0.1, 0.15) is 12.2 Å². The lowest BCUT2D eigenvalue weighted by molar-refractivity contribution is 0.0474. The number of anilines is 2. The molecule has 0 saturated heterocycles. The highest BCUT2D eigenvalue weighted by atomic mass is 16.5. The molecule has 10 heteroatoms. The van der Waals surface area contributed by atoms with Crippen LogP contribution in [0.1, 0.15) is 22.8 Å². The molecule has 160 valence electrons. The zero-order chi connectivity index (χ0) is 22.4. The van der Waals surface area contributed by atoms with Gasteiger partial charge in [-0.15, -0.1) is 0 Å². The molecule has 3 aromatic rings. The van der Waals surface area contributed by atoms with Crippen molar-refractivity contribution in [3.8, 4) is 0 Å². The highest BCUT2D eigenvalue weighted by molar-refractivity contribution is 5.92. The van der Waals surface area contributed by atoms with Crippen LogP contribution in [-0.2, 0) is 16.1 Å². The van der Waals surface area contributed by atoms with Gasteiger partial charge >= 0.3 is 23.7 Å². The smallest absolute Gasteiger partial charge is 0.411 e. The second kappa shape index (κ2) is 9.44. The molecule has 0 fully saturated rings. The minimum atomic E-state index is -0.717. The van der Waals surface area contributed by atoms with Crippen LogP contribution in [0.4, 0.5) is 21.0 Å². The topological polar surface area (TPSA) is 150 Å². The molecule has 0 atom stereocenters. The molecule has 3 amide bonds. The number of hydrogen-bond donors (Lipinski definition) is 3. The molecule has 2 aromatic carbocycles. The summed E-state index contributed by atoms with van der Waals surface area (Å²) in [6.45, 7) is 1.72. The van der Waals surface area contributed by atoms with E-state index in [4.69, 9.17) is 19.6 Å². The number of benzene rings is 2. The summed E-state index contributed by atoms with van der Waals surface area (Å²) in [4.78, 5) is 46.6. The first-order chi connectivity index (χ1) is 14.9. The Morgan fingerprint density at radius 1 is 0.968 bits per heavy atom. The molecule has 1 heterocycles. The van der Waals surface area contributed by atoms with E-state index in [2.05, 4.69) is 10.6 Å². The fourth-order valence-corrected chi connectivity index (χ4v) is 2.77. The maximum Gasteiger partial charge on any atom is 0.411 e. The summed E-state index contributed by atoms with van der Waals surface area (Å²) < 4.78 is 15.3. The van der Waals surface area contributed by atoms with Crippen molar-refractivity contribution in [3.63, 3.8) is 0 Å². The van der Waals surface area contributed by atoms with Crippen LogP contribution in [-0.4, -0.2) is 24.7 Å². The first kappa shape index (κ1) is 21.4. The van der Waals surface area contributed by atoms with Crippen LogP contribution in [0.3, 0.4) is 0 Å². The van der Waals surface area contributed by atoms with Crippen LogP contribution in [0.15, 0.2) is 57.7 Å². The van der Waals surface area contributed by atoms with Gasteiger partial charge < -0.3 is 24.9 Å². The van der Waals surface area contributed by atoms with Gasteiger partial charge in [-0.1, -0.05) is 0 Å². The van der Waals surface area contributed by atoms with Gasteiger partial charge in [0.05, 0.1) is 12.2 Å². The number of nitrogens with two attached hydrogens (primary N) is 1. The number of ether oxygens (including phenoxy) is 2. The van der Waals surface area contributed by atoms with E-state index in [0.717, 1.165) is 0 Å². The third kappa shape index (κ3) is 5.60. The van der Waals surface area contributed by atoms with Gasteiger partial charge in [0, 0.05) is 34.5 Å². The van der Waals surface area contributed by atoms with Crippen LogP contribution in [0, 0.1) is 0 Å². The lowest BCUT2D eigenvalue weighted by atomic mass is 10.1. The van der Waals surface area contributed by atoms with Gasteiger partial charge in [0.25, 0.3) is 0 Å². The van der Waals surface area contributed by atoms with Crippen LogP contribution in [0.2, 0.25) is 0 Å². The van der Waals surface area contributed by atoms with Gasteiger partial charge in [-0.3, -0.25) is 5.32 Å². The molecule has 0 aliphatic heterocycles. The molecule has 4 N–H and O–H groups in total. The number of fused-ring (bicyclic) bond motifs is 1. The highest BCUT2D eigenvalue weighted by Gasteiger charge is 2.12. The fourth-order valence-electron chi connectivity index (χ4n) is 2.77. The SMILES string of the molecule is CCOC(=O)Nc1ccc2c(COC(=O)c3ccc(NC(N)=O)cc3)cc(=O)oc2c1. The number of amides is 3. The number of nitrogens with one attached hydrogen (secondary N) is 2. The van der Waals surface area contributed by atoms with Crippen LogP contribution in [0.25, 0.3) is 11.0 Å². The van der Waals surface area contributed by atoms with Crippen LogP contribution in [0.5, 0.6) is 0 Å². The summed E-state index contributed by atoms with van der Waals surface area (Å²) in [6, 6.07) is 11.2. The molecule has 0 unspecified atom stereocenters. The van der Waals surface area contributed by atoms with Gasteiger partial charge in [0.15, 0.2) is 0 Å². The van der Waals surface area contributed by atoms with E-state index in [1.165, 1.54) is 36.4 Å². The van der Waals surface area contributed by atoms with E-state index >= 15 is 0 Å². The average Bonchev–Trinajstić information content (AvgIpc) is 2.71. The minimum absolute atomic E-state index is 0.174. The quantitative estimate of drug-likeness (QED) is 0.405. The first-order valence-electron chi connectivity index (χ1n) is 9.20. The summed E-state index contributed by atoms with van der Waals surface area (Å²) in [5.41, 5.74) is 6.13. The Bertz CT molecular complexity index is 1190. The van der Waals surface area contributed by atoms with Crippen molar-refractivity contribution in [2.75, 3.05) is 17.2 Å². The van der Waals surface area contributed by atoms with Crippen molar-refractivity contribution >= 4 is 40.4 Å². The second-order valence-corrected chi connectivity index (χ2v) is 6.29. The molecule has 0 bridgehead atoms. The number of rotatable bonds is 6. The standard InChI is InChI=1S/C21H19N3O7/c1-2-29-21(28)24-15-7-8-16-13(9-18(25)31-17(16)10-15)11-30-19(26)12-3-5-14(6-4-12)23-20(22)27/h3-10H,2,11H2,1H3,(H,24,28)(H3,22,23,27). The Morgan fingerprint density at radius 2 is 1.68 bits per heavy atom. The van der Waals surface area contributed by atoms with E-state index in [1.54, 1.807) is 19.1 Å². The molecule has 31 heavy (non-hydrogen) atoms. The minimum Gasteiger partial charge on any atom is -0.457 e. The summed E-state index contributed by atoms with van der Waals surface area (Å²) >= 11 is 0. The Balaban J connectivity index is 1.75. The average molecular weight is 425 g/mol. The van der Waals surface area contributed by atoms with Crippen molar-refractivity contribution < 1.29 is 28.3 Å². The molecule has 0 aliphatic carbocycles. The molecule has 0 radical (unpaired) electrons. The number of esters is 1. The van der Waals surface area contributed by atoms with E-state index in [0.29, 0.717) is 22.3 Å². The third-order valence-corrected chi connectivity index (χ3v) is 4.10. The third-order valence-electron chi connectivity index (χ3n) is 4.10. The van der Waals surface area contributed by atoms with Gasteiger partial charge in [-0.25, -0.2) is 19.2 Å². The van der Waals surface area contributed by atoms with E-state index in [1.807, 2.05) is 0 Å². The zero-order valence-corrected chi connectivity index (χ0v) is 16.5. The number of hydrogen-bond acceptors (Lipinski definition) is 7. The lowest BCUT2D eigenvalue weighted by Crippen LogP contribution is -2.19. The summed E-state index contributed by atoms with van der Waals surface area (Å²) in [6.07, 6.45) is -0.633. The number of carbonyl (C=O) groups excluding carboxylic acids is 3. The summed E-state index contributed by atoms with van der Waals surface area (Å²) in [5.74, 6) is -0.618. The van der Waals surface area contributed by atoms with Crippen molar-refractivity contribution in [1.82, 2.24) is 0 Å². The van der Waals surface area contributed by atoms with Crippen LogP contribution < -0.4 is 22.0 Å². The zero-order valence-electron chi connectivity index (χ0n) is 16.5. The predicted molar refractivity (Wildman–Crippen MR) is 112 cm³/mol. The Kier molecular flexibility index (Phi) is 6.51. The Hall–Kier alpha value is -4.34. The normalized spacial score (nSPS) is 10.4. The second-order valence-electron chi connectivity index (χ2n) is 6.29. The van der Waals surface area contributed by atoms with Crippen molar-refractivity contribution in [2.24, 2.45) is 5.73 Å². The number of primary amides is 1. The Morgan fingerprint density at radius 3 is 2.35 bits per heavy atom. The van der Waals surface area contributed by atoms with E-state index in [-0.39, 0.29) is 24.4 Å². The van der Waals surface area contributed by atoms with Gasteiger partial charge in [-0.05, 0) is 43.3 Å². The number of urea groups is 1. The highest BCUT2D eigenvalue weighted by Crippen LogP contribution is 2.22. The molecule has 3 rings (SSSR count). The first-order valence-corrected chi connectivity index (χ1v) is 9.20. The number of carbonyl (C=O) groups is 3. The predicted octanol–water partition coefficient (Wildman–Crippen LogP) is 3.21. The van der Waals surface area contributed by atoms with Crippen molar-refractivity contribution in [3.05, 3.63) is 70.1 Å². The molecule has 1 aromatic heterocycles. The van der Waals surface area contributed by atoms with Gasteiger partial charge in [0.2, 0.25) is 0 Å². The molecular formula is C21H19N3O7. The molecular weight excluding hydrogens is 406 g/mol. The van der Waals surface area contributed by atoms with Crippen molar-refractivity contribution in [1.29, 1.82) is 0 Å². The molecule has 0 saturated carbocycles. The Labute approximate surface area is 175 Å². The molecule has 0 spiro atoms. The molecule has 10 nitrogen and oxygen atoms in total. The maximum atomic E-state index is 12.3. The molecule has 0 aliphatic rings. The largest absolute Gasteiger partial charge is 0.457 e. The summed E-state index contributed by atoms with van der Waals surface area (Å²) in [5, 5.41) is 5.45.